The fourth-order valence-corrected chi connectivity index (χ4v) is 2.22. The Bertz CT molecular complexity index is 440. The predicted octanol–water partition coefficient (Wildman–Crippen LogP) is 1.49. The predicted molar refractivity (Wildman–Crippen MR) is 76.7 cm³/mol. The molecule has 0 saturated heterocycles. The van der Waals surface area contributed by atoms with Gasteiger partial charge in [0.1, 0.15) is 5.82 Å². The number of likely N-dealkylation sites (N-methyl/N-ethyl adjacent to an activating group) is 2. The summed E-state index contributed by atoms with van der Waals surface area (Å²) in [5, 5.41) is 8.99. The van der Waals surface area contributed by atoms with Crippen molar-refractivity contribution >= 4 is 5.91 Å². The van der Waals surface area contributed by atoms with Crippen molar-refractivity contribution in [3.05, 3.63) is 35.6 Å². The van der Waals surface area contributed by atoms with Gasteiger partial charge in [-0.3, -0.25) is 9.69 Å². The third kappa shape index (κ3) is 4.58. The van der Waals surface area contributed by atoms with Gasteiger partial charge in [0.15, 0.2) is 0 Å². The number of hydrogen-bond donors (Lipinski definition) is 1. The number of rotatable bonds is 7. The van der Waals surface area contributed by atoms with Gasteiger partial charge in [0, 0.05) is 20.1 Å². The zero-order valence-corrected chi connectivity index (χ0v) is 12.3. The van der Waals surface area contributed by atoms with Crippen molar-refractivity contribution in [2.24, 2.45) is 0 Å². The zero-order valence-electron chi connectivity index (χ0n) is 12.3. The van der Waals surface area contributed by atoms with Crippen LogP contribution in [0.25, 0.3) is 0 Å². The van der Waals surface area contributed by atoms with Crippen molar-refractivity contribution in [2.75, 3.05) is 26.7 Å². The lowest BCUT2D eigenvalue weighted by Crippen LogP contribution is -2.46. The molecule has 1 unspecified atom stereocenters. The molecule has 1 aromatic rings. The van der Waals surface area contributed by atoms with Crippen LogP contribution in [0.3, 0.4) is 0 Å². The summed E-state index contributed by atoms with van der Waals surface area (Å²) >= 11 is 0. The molecule has 1 atom stereocenters. The van der Waals surface area contributed by atoms with E-state index in [2.05, 4.69) is 0 Å². The van der Waals surface area contributed by atoms with E-state index >= 15 is 0 Å². The summed E-state index contributed by atoms with van der Waals surface area (Å²) in [5.41, 5.74) is 0.762. The van der Waals surface area contributed by atoms with E-state index in [-0.39, 0.29) is 24.4 Å². The van der Waals surface area contributed by atoms with Gasteiger partial charge < -0.3 is 10.0 Å². The summed E-state index contributed by atoms with van der Waals surface area (Å²) in [5.74, 6) is -0.337. The molecule has 0 aliphatic rings. The zero-order chi connectivity index (χ0) is 15.1. The lowest BCUT2D eigenvalue weighted by atomic mass is 10.2. The number of aliphatic hydroxyl groups excluding tert-OH is 1. The summed E-state index contributed by atoms with van der Waals surface area (Å²) in [4.78, 5) is 15.8. The topological polar surface area (TPSA) is 43.8 Å². The van der Waals surface area contributed by atoms with Crippen molar-refractivity contribution in [3.63, 3.8) is 0 Å². The van der Waals surface area contributed by atoms with Crippen molar-refractivity contribution < 1.29 is 14.3 Å². The van der Waals surface area contributed by atoms with E-state index in [9.17, 15) is 9.18 Å². The number of benzene rings is 1. The normalized spacial score (nSPS) is 12.5. The van der Waals surface area contributed by atoms with Gasteiger partial charge >= 0.3 is 0 Å². The van der Waals surface area contributed by atoms with E-state index in [4.69, 9.17) is 5.11 Å². The first-order chi connectivity index (χ1) is 9.49. The van der Waals surface area contributed by atoms with Crippen LogP contribution in [-0.2, 0) is 11.3 Å². The maximum atomic E-state index is 13.1. The molecule has 0 saturated carbocycles. The van der Waals surface area contributed by atoms with Gasteiger partial charge in [-0.15, -0.1) is 0 Å². The van der Waals surface area contributed by atoms with Crippen LogP contribution in [0.4, 0.5) is 4.39 Å². The Hall–Kier alpha value is -1.46. The van der Waals surface area contributed by atoms with Crippen LogP contribution in [0.5, 0.6) is 0 Å². The Morgan fingerprint density at radius 2 is 2.15 bits per heavy atom. The third-order valence-corrected chi connectivity index (χ3v) is 3.38. The Morgan fingerprint density at radius 3 is 2.70 bits per heavy atom. The average Bonchev–Trinajstić information content (AvgIpc) is 2.43. The molecule has 112 valence electrons. The molecule has 0 aromatic heterocycles. The summed E-state index contributed by atoms with van der Waals surface area (Å²) in [7, 11) is 1.70. The Morgan fingerprint density at radius 1 is 1.45 bits per heavy atom. The van der Waals surface area contributed by atoms with Gasteiger partial charge in [0.2, 0.25) is 5.91 Å². The largest absolute Gasteiger partial charge is 0.395 e. The highest BCUT2D eigenvalue weighted by molar-refractivity contribution is 5.81. The van der Waals surface area contributed by atoms with Crippen LogP contribution >= 0.6 is 0 Å². The van der Waals surface area contributed by atoms with Gasteiger partial charge in [0.25, 0.3) is 0 Å². The van der Waals surface area contributed by atoms with Crippen molar-refractivity contribution in [2.45, 2.75) is 26.4 Å². The molecule has 4 nitrogen and oxygen atoms in total. The molecule has 0 fully saturated rings. The SMILES string of the molecule is CCN(CCO)C(C)C(=O)N(C)Cc1cccc(F)c1. The molecule has 1 aromatic carbocycles. The summed E-state index contributed by atoms with van der Waals surface area (Å²) in [6.45, 7) is 5.34. The molecule has 0 heterocycles. The number of nitrogens with zero attached hydrogens (tertiary/aromatic N) is 2. The summed E-state index contributed by atoms with van der Waals surface area (Å²) in [6, 6.07) is 5.94. The van der Waals surface area contributed by atoms with E-state index in [0.29, 0.717) is 19.6 Å². The summed E-state index contributed by atoms with van der Waals surface area (Å²) in [6.07, 6.45) is 0. The van der Waals surface area contributed by atoms with Gasteiger partial charge in [-0.25, -0.2) is 4.39 Å². The van der Waals surface area contributed by atoms with Gasteiger partial charge in [0.05, 0.1) is 12.6 Å². The fourth-order valence-electron chi connectivity index (χ4n) is 2.22. The van der Waals surface area contributed by atoms with E-state index in [1.807, 2.05) is 18.7 Å². The lowest BCUT2D eigenvalue weighted by molar-refractivity contribution is -0.135. The molecule has 0 aliphatic heterocycles. The van der Waals surface area contributed by atoms with Gasteiger partial charge in [-0.05, 0) is 31.2 Å². The monoisotopic (exact) mass is 282 g/mol. The first-order valence-corrected chi connectivity index (χ1v) is 6.84. The first-order valence-electron chi connectivity index (χ1n) is 6.84. The molecule has 0 spiro atoms. The first kappa shape index (κ1) is 16.6. The van der Waals surface area contributed by atoms with E-state index < -0.39 is 0 Å². The molecule has 1 amide bonds. The summed E-state index contributed by atoms with van der Waals surface area (Å²) < 4.78 is 13.1. The number of halogens is 1. The second kappa shape index (κ2) is 7.97. The lowest BCUT2D eigenvalue weighted by Gasteiger charge is -2.29. The van der Waals surface area contributed by atoms with Crippen LogP contribution in [0.2, 0.25) is 0 Å². The minimum Gasteiger partial charge on any atom is -0.395 e. The fraction of sp³-hybridized carbons (Fsp3) is 0.533. The molecule has 1 N–H and O–H groups in total. The van der Waals surface area contributed by atoms with Crippen LogP contribution in [0.15, 0.2) is 24.3 Å². The molecular weight excluding hydrogens is 259 g/mol. The second-order valence-corrected chi connectivity index (χ2v) is 4.85. The molecular formula is C15H23FN2O2. The van der Waals surface area contributed by atoms with Crippen molar-refractivity contribution in [1.82, 2.24) is 9.80 Å². The highest BCUT2D eigenvalue weighted by Gasteiger charge is 2.22. The quantitative estimate of drug-likeness (QED) is 0.824. The highest BCUT2D eigenvalue weighted by atomic mass is 19.1. The smallest absolute Gasteiger partial charge is 0.239 e. The molecule has 1 rings (SSSR count). The van der Waals surface area contributed by atoms with Gasteiger partial charge in [-0.1, -0.05) is 19.1 Å². The maximum absolute atomic E-state index is 13.1. The Labute approximate surface area is 119 Å². The van der Waals surface area contributed by atoms with Crippen molar-refractivity contribution in [1.29, 1.82) is 0 Å². The van der Waals surface area contributed by atoms with Crippen LogP contribution in [-0.4, -0.2) is 53.6 Å². The third-order valence-electron chi connectivity index (χ3n) is 3.38. The number of carbonyl (C=O) groups excluding carboxylic acids is 1. The standard InChI is InChI=1S/C15H23FN2O2/c1-4-18(8-9-19)12(2)15(20)17(3)11-13-6-5-7-14(16)10-13/h5-7,10,12,19H,4,8-9,11H2,1-3H3. The van der Waals surface area contributed by atoms with Crippen LogP contribution in [0, 0.1) is 5.82 Å². The molecule has 0 bridgehead atoms. The maximum Gasteiger partial charge on any atom is 0.239 e. The highest BCUT2D eigenvalue weighted by Crippen LogP contribution is 2.09. The van der Waals surface area contributed by atoms with Gasteiger partial charge in [-0.2, -0.15) is 0 Å². The van der Waals surface area contributed by atoms with Crippen LogP contribution in [0.1, 0.15) is 19.4 Å². The molecule has 0 aliphatic carbocycles. The average molecular weight is 282 g/mol. The van der Waals surface area contributed by atoms with Crippen molar-refractivity contribution in [3.8, 4) is 0 Å². The molecule has 0 radical (unpaired) electrons. The molecule has 20 heavy (non-hydrogen) atoms. The van der Waals surface area contributed by atoms with E-state index in [1.54, 1.807) is 24.1 Å². The number of hydrogen-bond acceptors (Lipinski definition) is 3. The second-order valence-electron chi connectivity index (χ2n) is 4.85. The van der Waals surface area contributed by atoms with E-state index in [0.717, 1.165) is 5.56 Å². The van der Waals surface area contributed by atoms with E-state index in [1.165, 1.54) is 12.1 Å². The number of carbonyl (C=O) groups is 1. The minimum absolute atomic E-state index is 0.0269. The van der Waals surface area contributed by atoms with Crippen LogP contribution < -0.4 is 0 Å². The Kier molecular flexibility index (Phi) is 6.61. The minimum atomic E-state index is -0.300. The Balaban J connectivity index is 2.66. The number of amides is 1. The molecule has 5 heteroatoms. The number of aliphatic hydroxyl groups is 1.